The van der Waals surface area contributed by atoms with Crippen LogP contribution in [0.4, 0.5) is 0 Å². The topological polar surface area (TPSA) is 110 Å². The summed E-state index contributed by atoms with van der Waals surface area (Å²) in [5.74, 6) is 0.172. The van der Waals surface area contributed by atoms with E-state index in [1.807, 2.05) is 6.92 Å². The minimum atomic E-state index is -4.16. The van der Waals surface area contributed by atoms with Gasteiger partial charge in [0.2, 0.25) is 0 Å². The summed E-state index contributed by atoms with van der Waals surface area (Å²) in [6, 6.07) is 0. The molecular formula is C36H73NO6S. The van der Waals surface area contributed by atoms with Crippen molar-refractivity contribution in [2.75, 3.05) is 14.2 Å². The zero-order valence-electron chi connectivity index (χ0n) is 29.7. The molecule has 0 aromatic heterocycles. The van der Waals surface area contributed by atoms with Crippen LogP contribution in [0.15, 0.2) is 0 Å². The zero-order valence-corrected chi connectivity index (χ0v) is 30.5. The monoisotopic (exact) mass is 648 g/mol. The minimum absolute atomic E-state index is 0.0859. The molecule has 0 aromatic carbocycles. The van der Waals surface area contributed by atoms with Gasteiger partial charge in [-0.15, -0.1) is 0 Å². The summed E-state index contributed by atoms with van der Waals surface area (Å²) in [6.07, 6.45) is 34.9. The number of hydrogen-bond donors (Lipinski definition) is 2. The summed E-state index contributed by atoms with van der Waals surface area (Å²) in [4.78, 5) is 25.8. The predicted octanol–water partition coefficient (Wildman–Crippen LogP) is 10.5. The van der Waals surface area contributed by atoms with Crippen LogP contribution < -0.4 is 5.32 Å². The lowest BCUT2D eigenvalue weighted by Gasteiger charge is -2.26. The summed E-state index contributed by atoms with van der Waals surface area (Å²) in [5, 5.41) is 3.07. The van der Waals surface area contributed by atoms with E-state index >= 15 is 0 Å². The second-order valence-corrected chi connectivity index (χ2v) is 14.0. The van der Waals surface area contributed by atoms with Crippen LogP contribution in [0, 0.1) is 0 Å². The van der Waals surface area contributed by atoms with Gasteiger partial charge >= 0.3 is 10.4 Å². The van der Waals surface area contributed by atoms with Gasteiger partial charge in [0.15, 0.2) is 11.6 Å². The molecule has 0 spiro atoms. The van der Waals surface area contributed by atoms with Gasteiger partial charge in [0.25, 0.3) is 0 Å². The smallest absolute Gasteiger partial charge is 0.302 e. The third-order valence-corrected chi connectivity index (χ3v) is 9.26. The van der Waals surface area contributed by atoms with Crippen LogP contribution in [-0.4, -0.2) is 44.2 Å². The minimum Gasteiger partial charge on any atom is -0.302 e. The second-order valence-electron chi connectivity index (χ2n) is 12.8. The molecular weight excluding hydrogens is 574 g/mol. The van der Waals surface area contributed by atoms with Crippen molar-refractivity contribution in [3.8, 4) is 0 Å². The highest BCUT2D eigenvalue weighted by atomic mass is 32.3. The van der Waals surface area contributed by atoms with Gasteiger partial charge in [0.05, 0.1) is 7.11 Å². The van der Waals surface area contributed by atoms with Crippen molar-refractivity contribution in [2.45, 2.75) is 206 Å². The highest BCUT2D eigenvalue weighted by Crippen LogP contribution is 2.19. The van der Waals surface area contributed by atoms with Crippen molar-refractivity contribution in [1.82, 2.24) is 5.32 Å². The summed E-state index contributed by atoms with van der Waals surface area (Å²) in [5.41, 5.74) is -0.992. The fourth-order valence-electron chi connectivity index (χ4n) is 5.54. The van der Waals surface area contributed by atoms with E-state index < -0.39 is 15.9 Å². The fourth-order valence-corrected chi connectivity index (χ4v) is 5.54. The molecule has 0 heterocycles. The maximum Gasteiger partial charge on any atom is 0.397 e. The van der Waals surface area contributed by atoms with Gasteiger partial charge in [-0.25, -0.2) is 0 Å². The molecule has 0 aromatic rings. The van der Waals surface area contributed by atoms with Gasteiger partial charge in [-0.2, -0.15) is 8.42 Å². The molecule has 2 N–H and O–H groups in total. The number of likely N-dealkylation sites (N-methyl/N-ethyl adjacent to an activating group) is 1. The zero-order chi connectivity index (χ0) is 33.4. The Kier molecular flexibility index (Phi) is 33.1. The van der Waals surface area contributed by atoms with Gasteiger partial charge in [-0.1, -0.05) is 168 Å². The van der Waals surface area contributed by atoms with E-state index in [0.717, 1.165) is 32.8 Å². The van der Waals surface area contributed by atoms with Crippen LogP contribution in [-0.2, 0) is 24.2 Å². The maximum atomic E-state index is 12.9. The number of hydrogen-bond acceptors (Lipinski definition) is 6. The SMILES string of the molecule is CCCCCCCCCCCCCCCC(=O)C(C)(NC)C(=O)CCCCCCCCCCCCCCC.COS(=O)(=O)O. The Balaban J connectivity index is 0. The molecule has 0 fully saturated rings. The highest BCUT2D eigenvalue weighted by Gasteiger charge is 2.37. The average molecular weight is 648 g/mol. The van der Waals surface area contributed by atoms with Crippen molar-refractivity contribution < 1.29 is 26.7 Å². The van der Waals surface area contributed by atoms with E-state index in [2.05, 4.69) is 23.3 Å². The van der Waals surface area contributed by atoms with E-state index in [0.29, 0.717) is 12.8 Å². The Morgan fingerprint density at radius 1 is 0.545 bits per heavy atom. The molecule has 0 radical (unpaired) electrons. The Morgan fingerprint density at radius 3 is 0.932 bits per heavy atom. The Morgan fingerprint density at radius 2 is 0.750 bits per heavy atom. The van der Waals surface area contributed by atoms with Crippen molar-refractivity contribution in [3.05, 3.63) is 0 Å². The number of rotatable bonds is 32. The lowest BCUT2D eigenvalue weighted by atomic mass is 9.85. The molecule has 0 saturated heterocycles. The Hall–Kier alpha value is -0.830. The lowest BCUT2D eigenvalue weighted by Crippen LogP contribution is -2.54. The normalized spacial score (nSPS) is 11.8. The van der Waals surface area contributed by atoms with Crippen LogP contribution in [0.25, 0.3) is 0 Å². The van der Waals surface area contributed by atoms with Gasteiger partial charge < -0.3 is 5.32 Å². The van der Waals surface area contributed by atoms with Gasteiger partial charge in [-0.05, 0) is 26.8 Å². The van der Waals surface area contributed by atoms with Crippen LogP contribution in [0.1, 0.15) is 201 Å². The number of unbranched alkanes of at least 4 members (excludes halogenated alkanes) is 24. The molecule has 44 heavy (non-hydrogen) atoms. The molecule has 0 saturated carbocycles. The summed E-state index contributed by atoms with van der Waals surface area (Å²) in [7, 11) is -1.52. The largest absolute Gasteiger partial charge is 0.397 e. The molecule has 264 valence electrons. The second kappa shape index (κ2) is 32.1. The average Bonchev–Trinajstić information content (AvgIpc) is 3.01. The molecule has 0 aliphatic heterocycles. The molecule has 8 heteroatoms. The quantitative estimate of drug-likeness (QED) is 0.0424. The highest BCUT2D eigenvalue weighted by molar-refractivity contribution is 7.80. The molecule has 0 atom stereocenters. The van der Waals surface area contributed by atoms with Gasteiger partial charge in [-0.3, -0.25) is 18.3 Å². The van der Waals surface area contributed by atoms with Crippen LogP contribution in [0.3, 0.4) is 0 Å². The first kappa shape index (κ1) is 45.3. The summed E-state index contributed by atoms with van der Waals surface area (Å²) in [6.45, 7) is 6.36. The van der Waals surface area contributed by atoms with E-state index in [9.17, 15) is 18.0 Å². The van der Waals surface area contributed by atoms with Gasteiger partial charge in [0, 0.05) is 12.8 Å². The number of Topliss-reactive ketones (excluding diaryl/α,β-unsaturated/α-hetero) is 2. The third kappa shape index (κ3) is 29.9. The number of carbonyl (C=O) groups excluding carboxylic acids is 2. The van der Waals surface area contributed by atoms with Crippen LogP contribution in [0.5, 0.6) is 0 Å². The molecule has 0 aliphatic carbocycles. The standard InChI is InChI=1S/C35H69NO2.CH4O4S/c1-5-7-9-11-13-15-17-19-21-23-25-27-29-31-33(37)35(3,36-4)34(38)32-30-28-26-24-22-20-18-16-14-12-10-8-6-2;1-5-6(2,3)4/h36H,5-32H2,1-4H3;1H3,(H,2,3,4). The predicted molar refractivity (Wildman–Crippen MR) is 187 cm³/mol. The molecule has 0 unspecified atom stereocenters. The molecule has 0 bridgehead atoms. The first-order valence-corrected chi connectivity index (χ1v) is 19.7. The summed E-state index contributed by atoms with van der Waals surface area (Å²) >= 11 is 0. The van der Waals surface area contributed by atoms with E-state index in [4.69, 9.17) is 4.55 Å². The van der Waals surface area contributed by atoms with Crippen molar-refractivity contribution in [2.24, 2.45) is 0 Å². The molecule has 0 amide bonds. The van der Waals surface area contributed by atoms with E-state index in [1.165, 1.54) is 141 Å². The van der Waals surface area contributed by atoms with Gasteiger partial charge in [0.1, 0.15) is 5.54 Å². The maximum absolute atomic E-state index is 12.9. The number of ketones is 2. The van der Waals surface area contributed by atoms with E-state index in [1.54, 1.807) is 7.05 Å². The third-order valence-electron chi connectivity index (χ3n) is 8.84. The van der Waals surface area contributed by atoms with Crippen LogP contribution in [0.2, 0.25) is 0 Å². The van der Waals surface area contributed by atoms with Crippen molar-refractivity contribution in [1.29, 1.82) is 0 Å². The number of carbonyl (C=O) groups is 2. The first-order chi connectivity index (χ1) is 21.1. The fraction of sp³-hybridized carbons (Fsp3) is 0.944. The van der Waals surface area contributed by atoms with E-state index in [-0.39, 0.29) is 11.6 Å². The molecule has 7 nitrogen and oxygen atoms in total. The molecule has 0 rings (SSSR count). The first-order valence-electron chi connectivity index (χ1n) is 18.4. The lowest BCUT2D eigenvalue weighted by molar-refractivity contribution is -0.135. The summed E-state index contributed by atoms with van der Waals surface area (Å²) < 4.78 is 29.7. The van der Waals surface area contributed by atoms with Crippen LogP contribution >= 0.6 is 0 Å². The Bertz CT molecular complexity index is 714. The number of nitrogens with one attached hydrogen (secondary N) is 1. The Labute approximate surface area is 273 Å². The molecule has 0 aliphatic rings. The van der Waals surface area contributed by atoms with Crippen molar-refractivity contribution in [3.63, 3.8) is 0 Å². The van der Waals surface area contributed by atoms with Crippen molar-refractivity contribution >= 4 is 22.0 Å².